The third-order valence-electron chi connectivity index (χ3n) is 3.18. The maximum absolute atomic E-state index is 11.2. The van der Waals surface area contributed by atoms with Crippen LogP contribution in [-0.2, 0) is 9.53 Å². The Morgan fingerprint density at radius 3 is 2.57 bits per heavy atom. The summed E-state index contributed by atoms with van der Waals surface area (Å²) in [6.45, 7) is 6.48. The SMILES string of the molecule is COC(=O)CC1(C)CCC(=C(C)C)C1. The zero-order valence-electron chi connectivity index (χ0n) is 9.64. The number of methoxy groups -OCH3 is 1. The first-order valence-electron chi connectivity index (χ1n) is 5.19. The molecule has 0 bridgehead atoms. The van der Waals surface area contributed by atoms with Crippen LogP contribution in [0.4, 0.5) is 0 Å². The summed E-state index contributed by atoms with van der Waals surface area (Å²) < 4.78 is 4.72. The predicted octanol–water partition coefficient (Wildman–Crippen LogP) is 3.08. The van der Waals surface area contributed by atoms with E-state index >= 15 is 0 Å². The molecule has 1 saturated carbocycles. The van der Waals surface area contributed by atoms with E-state index < -0.39 is 0 Å². The maximum Gasteiger partial charge on any atom is 0.306 e. The number of carbonyl (C=O) groups is 1. The third-order valence-corrected chi connectivity index (χ3v) is 3.18. The fourth-order valence-electron chi connectivity index (χ4n) is 2.14. The van der Waals surface area contributed by atoms with E-state index in [4.69, 9.17) is 4.74 Å². The van der Waals surface area contributed by atoms with Crippen LogP contribution < -0.4 is 0 Å². The molecule has 0 spiro atoms. The molecule has 0 saturated heterocycles. The highest BCUT2D eigenvalue weighted by Gasteiger charge is 2.34. The predicted molar refractivity (Wildman–Crippen MR) is 57.0 cm³/mol. The zero-order valence-corrected chi connectivity index (χ0v) is 9.64. The van der Waals surface area contributed by atoms with E-state index in [2.05, 4.69) is 20.8 Å². The van der Waals surface area contributed by atoms with Crippen LogP contribution in [-0.4, -0.2) is 13.1 Å². The monoisotopic (exact) mass is 196 g/mol. The molecule has 2 nitrogen and oxygen atoms in total. The summed E-state index contributed by atoms with van der Waals surface area (Å²) in [6, 6.07) is 0. The summed E-state index contributed by atoms with van der Waals surface area (Å²) in [5.41, 5.74) is 3.08. The first-order valence-corrected chi connectivity index (χ1v) is 5.19. The minimum atomic E-state index is -0.0810. The van der Waals surface area contributed by atoms with E-state index in [-0.39, 0.29) is 11.4 Å². The van der Waals surface area contributed by atoms with Crippen LogP contribution in [0.3, 0.4) is 0 Å². The van der Waals surface area contributed by atoms with Crippen molar-refractivity contribution in [2.24, 2.45) is 5.41 Å². The Bertz CT molecular complexity index is 261. The Kier molecular flexibility index (Phi) is 3.35. The Hall–Kier alpha value is -0.790. The van der Waals surface area contributed by atoms with Gasteiger partial charge in [-0.15, -0.1) is 0 Å². The van der Waals surface area contributed by atoms with Gasteiger partial charge in [0.1, 0.15) is 0 Å². The van der Waals surface area contributed by atoms with Crippen LogP contribution in [0.5, 0.6) is 0 Å². The fraction of sp³-hybridized carbons (Fsp3) is 0.750. The van der Waals surface area contributed by atoms with Crippen molar-refractivity contribution >= 4 is 5.97 Å². The van der Waals surface area contributed by atoms with Gasteiger partial charge in [0.25, 0.3) is 0 Å². The highest BCUT2D eigenvalue weighted by Crippen LogP contribution is 2.44. The molecule has 1 fully saturated rings. The lowest BCUT2D eigenvalue weighted by atomic mass is 9.84. The van der Waals surface area contributed by atoms with Gasteiger partial charge in [-0.2, -0.15) is 0 Å². The smallest absolute Gasteiger partial charge is 0.306 e. The topological polar surface area (TPSA) is 26.3 Å². The molecule has 0 heterocycles. The quantitative estimate of drug-likeness (QED) is 0.501. The third kappa shape index (κ3) is 2.60. The fourth-order valence-corrected chi connectivity index (χ4v) is 2.14. The summed E-state index contributed by atoms with van der Waals surface area (Å²) in [7, 11) is 1.46. The molecule has 0 aromatic carbocycles. The number of carbonyl (C=O) groups excluding carboxylic acids is 1. The maximum atomic E-state index is 11.2. The second-order valence-corrected chi connectivity index (χ2v) is 4.84. The molecule has 1 aliphatic rings. The lowest BCUT2D eigenvalue weighted by Crippen LogP contribution is -2.17. The van der Waals surface area contributed by atoms with Crippen LogP contribution in [0.25, 0.3) is 0 Å². The Balaban J connectivity index is 2.63. The van der Waals surface area contributed by atoms with Crippen molar-refractivity contribution in [1.29, 1.82) is 0 Å². The molecule has 1 unspecified atom stereocenters. The number of esters is 1. The minimum absolute atomic E-state index is 0.0810. The molecular weight excluding hydrogens is 176 g/mol. The standard InChI is InChI=1S/C12H20O2/c1-9(2)10-5-6-12(3,7-10)8-11(13)14-4/h5-8H2,1-4H3. The molecule has 0 aliphatic heterocycles. The van der Waals surface area contributed by atoms with Crippen molar-refractivity contribution in [3.8, 4) is 0 Å². The van der Waals surface area contributed by atoms with Gasteiger partial charge in [-0.05, 0) is 38.5 Å². The molecule has 1 aliphatic carbocycles. The highest BCUT2D eigenvalue weighted by molar-refractivity contribution is 5.70. The normalized spacial score (nSPS) is 26.4. The van der Waals surface area contributed by atoms with E-state index in [1.807, 2.05) is 0 Å². The van der Waals surface area contributed by atoms with Gasteiger partial charge >= 0.3 is 5.97 Å². The van der Waals surface area contributed by atoms with Gasteiger partial charge in [0.15, 0.2) is 0 Å². The second kappa shape index (κ2) is 4.16. The van der Waals surface area contributed by atoms with E-state index in [1.165, 1.54) is 18.3 Å². The molecule has 1 rings (SSSR count). The first-order chi connectivity index (χ1) is 6.47. The first kappa shape index (κ1) is 11.3. The lowest BCUT2D eigenvalue weighted by Gasteiger charge is -2.21. The molecule has 1 atom stereocenters. The van der Waals surface area contributed by atoms with Crippen LogP contribution >= 0.6 is 0 Å². The van der Waals surface area contributed by atoms with E-state index in [0.29, 0.717) is 6.42 Å². The molecule has 14 heavy (non-hydrogen) atoms. The van der Waals surface area contributed by atoms with E-state index in [0.717, 1.165) is 19.3 Å². The number of hydrogen-bond acceptors (Lipinski definition) is 2. The number of rotatable bonds is 2. The number of hydrogen-bond donors (Lipinski definition) is 0. The van der Waals surface area contributed by atoms with Crippen molar-refractivity contribution in [1.82, 2.24) is 0 Å². The van der Waals surface area contributed by atoms with Crippen molar-refractivity contribution in [2.75, 3.05) is 7.11 Å². The molecule has 0 radical (unpaired) electrons. The number of ether oxygens (including phenoxy) is 1. The van der Waals surface area contributed by atoms with Crippen molar-refractivity contribution in [3.05, 3.63) is 11.1 Å². The summed E-state index contributed by atoms with van der Waals surface area (Å²) >= 11 is 0. The Morgan fingerprint density at radius 2 is 2.14 bits per heavy atom. The molecule has 0 aromatic heterocycles. The van der Waals surface area contributed by atoms with Gasteiger partial charge in [-0.3, -0.25) is 4.79 Å². The molecule has 0 aromatic rings. The van der Waals surface area contributed by atoms with Crippen molar-refractivity contribution < 1.29 is 9.53 Å². The lowest BCUT2D eigenvalue weighted by molar-refractivity contribution is -0.143. The number of allylic oxidation sites excluding steroid dienone is 2. The molecule has 0 N–H and O–H groups in total. The van der Waals surface area contributed by atoms with Crippen molar-refractivity contribution in [3.63, 3.8) is 0 Å². The van der Waals surface area contributed by atoms with Crippen molar-refractivity contribution in [2.45, 2.75) is 46.5 Å². The Labute approximate surface area is 86.3 Å². The van der Waals surface area contributed by atoms with Crippen LogP contribution in [0.2, 0.25) is 0 Å². The second-order valence-electron chi connectivity index (χ2n) is 4.84. The van der Waals surface area contributed by atoms with Crippen LogP contribution in [0.15, 0.2) is 11.1 Å². The molecule has 80 valence electrons. The van der Waals surface area contributed by atoms with Crippen LogP contribution in [0, 0.1) is 5.41 Å². The molecule has 2 heteroatoms. The molecule has 0 amide bonds. The van der Waals surface area contributed by atoms with Crippen LogP contribution in [0.1, 0.15) is 46.5 Å². The summed E-state index contributed by atoms with van der Waals surface area (Å²) in [5.74, 6) is -0.0810. The largest absolute Gasteiger partial charge is 0.469 e. The summed E-state index contributed by atoms with van der Waals surface area (Å²) in [5, 5.41) is 0. The van der Waals surface area contributed by atoms with Gasteiger partial charge in [0.05, 0.1) is 13.5 Å². The van der Waals surface area contributed by atoms with Gasteiger partial charge in [-0.1, -0.05) is 18.1 Å². The zero-order chi connectivity index (χ0) is 10.8. The van der Waals surface area contributed by atoms with E-state index in [9.17, 15) is 4.79 Å². The average Bonchev–Trinajstić information content (AvgIpc) is 2.47. The van der Waals surface area contributed by atoms with Gasteiger partial charge in [0, 0.05) is 0 Å². The van der Waals surface area contributed by atoms with E-state index in [1.54, 1.807) is 0 Å². The molecular formula is C12H20O2. The summed E-state index contributed by atoms with van der Waals surface area (Å²) in [4.78, 5) is 11.2. The Morgan fingerprint density at radius 1 is 1.50 bits per heavy atom. The van der Waals surface area contributed by atoms with Gasteiger partial charge in [0.2, 0.25) is 0 Å². The van der Waals surface area contributed by atoms with Gasteiger partial charge in [-0.25, -0.2) is 0 Å². The average molecular weight is 196 g/mol. The highest BCUT2D eigenvalue weighted by atomic mass is 16.5. The summed E-state index contributed by atoms with van der Waals surface area (Å²) in [6.07, 6.45) is 3.88. The minimum Gasteiger partial charge on any atom is -0.469 e. The van der Waals surface area contributed by atoms with Gasteiger partial charge < -0.3 is 4.74 Å².